The molecule has 1 saturated heterocycles. The molecule has 3 rings (SSSR count). The van der Waals surface area contributed by atoms with E-state index in [0.29, 0.717) is 41.8 Å². The number of nitrogens with one attached hydrogen (secondary N) is 1. The van der Waals surface area contributed by atoms with E-state index in [1.165, 1.54) is 4.31 Å². The molecule has 1 fully saturated rings. The van der Waals surface area contributed by atoms with Gasteiger partial charge in [-0.3, -0.25) is 9.69 Å². The van der Waals surface area contributed by atoms with Gasteiger partial charge in [0, 0.05) is 26.2 Å². The van der Waals surface area contributed by atoms with Crippen molar-refractivity contribution in [2.24, 2.45) is 0 Å². The summed E-state index contributed by atoms with van der Waals surface area (Å²) in [7, 11) is -3.49. The lowest BCUT2D eigenvalue weighted by atomic mass is 10.1. The Kier molecular flexibility index (Phi) is 6.40. The third kappa shape index (κ3) is 4.72. The zero-order valence-corrected chi connectivity index (χ0v) is 17.6. The van der Waals surface area contributed by atoms with Crippen LogP contribution in [-0.4, -0.2) is 56.3 Å². The number of aryl methyl sites for hydroxylation is 2. The van der Waals surface area contributed by atoms with Gasteiger partial charge in [-0.15, -0.1) is 0 Å². The molecule has 8 heteroatoms. The summed E-state index contributed by atoms with van der Waals surface area (Å²) in [5.74, 6) is -0.159. The van der Waals surface area contributed by atoms with E-state index in [1.54, 1.807) is 30.3 Å². The monoisotopic (exact) mass is 421 g/mol. The largest absolute Gasteiger partial charge is 0.323 e. The summed E-state index contributed by atoms with van der Waals surface area (Å²) in [6.07, 6.45) is 0. The van der Waals surface area contributed by atoms with Gasteiger partial charge in [0.2, 0.25) is 15.9 Å². The van der Waals surface area contributed by atoms with Crippen LogP contribution in [0, 0.1) is 13.8 Å². The first-order chi connectivity index (χ1) is 13.3. The van der Waals surface area contributed by atoms with Crippen LogP contribution in [0.3, 0.4) is 0 Å². The molecule has 1 N–H and O–H groups in total. The predicted molar refractivity (Wildman–Crippen MR) is 111 cm³/mol. The Hall–Kier alpha value is -1.93. The van der Waals surface area contributed by atoms with E-state index in [1.807, 2.05) is 30.9 Å². The van der Waals surface area contributed by atoms with Crippen molar-refractivity contribution in [2.45, 2.75) is 18.7 Å². The average molecular weight is 422 g/mol. The van der Waals surface area contributed by atoms with Crippen LogP contribution >= 0.6 is 11.6 Å². The van der Waals surface area contributed by atoms with Crippen LogP contribution in [0.2, 0.25) is 5.02 Å². The van der Waals surface area contributed by atoms with Crippen LogP contribution in [0.25, 0.3) is 0 Å². The molecule has 0 saturated carbocycles. The third-order valence-corrected chi connectivity index (χ3v) is 6.99. The lowest BCUT2D eigenvalue weighted by Gasteiger charge is -2.33. The van der Waals surface area contributed by atoms with Crippen molar-refractivity contribution in [3.05, 3.63) is 58.6 Å². The highest BCUT2D eigenvalue weighted by Gasteiger charge is 2.29. The van der Waals surface area contributed by atoms with E-state index in [4.69, 9.17) is 11.6 Å². The second kappa shape index (κ2) is 8.61. The lowest BCUT2D eigenvalue weighted by molar-refractivity contribution is -0.117. The molecule has 1 amide bonds. The zero-order chi connectivity index (χ0) is 20.3. The van der Waals surface area contributed by atoms with Crippen molar-refractivity contribution >= 4 is 33.2 Å². The minimum absolute atomic E-state index is 0.159. The van der Waals surface area contributed by atoms with Crippen LogP contribution in [0.1, 0.15) is 11.1 Å². The Morgan fingerprint density at radius 2 is 1.71 bits per heavy atom. The molecule has 2 aromatic rings. The first-order valence-corrected chi connectivity index (χ1v) is 10.9. The standard InChI is InChI=1S/C20H24ClN3O3S/c1-15-12-16(2)20(18(21)13-15)22-19(25)14-23-8-10-24(11-9-23)28(26,27)17-6-4-3-5-7-17/h3-7,12-13H,8-11,14H2,1-2H3,(H,22,25). The Morgan fingerprint density at radius 3 is 2.32 bits per heavy atom. The minimum atomic E-state index is -3.49. The van der Waals surface area contributed by atoms with Gasteiger partial charge < -0.3 is 5.32 Å². The number of halogens is 1. The van der Waals surface area contributed by atoms with Crippen LogP contribution in [-0.2, 0) is 14.8 Å². The zero-order valence-electron chi connectivity index (χ0n) is 16.0. The molecule has 0 aliphatic carbocycles. The van der Waals surface area contributed by atoms with Gasteiger partial charge >= 0.3 is 0 Å². The summed E-state index contributed by atoms with van der Waals surface area (Å²) >= 11 is 6.25. The summed E-state index contributed by atoms with van der Waals surface area (Å²) in [4.78, 5) is 14.7. The first-order valence-electron chi connectivity index (χ1n) is 9.11. The topological polar surface area (TPSA) is 69.7 Å². The van der Waals surface area contributed by atoms with Gasteiger partial charge in [0.25, 0.3) is 0 Å². The number of carbonyl (C=O) groups is 1. The predicted octanol–water partition coefficient (Wildman–Crippen LogP) is 2.90. The molecular formula is C20H24ClN3O3S. The smallest absolute Gasteiger partial charge is 0.243 e. The van der Waals surface area contributed by atoms with Crippen molar-refractivity contribution in [3.63, 3.8) is 0 Å². The fraction of sp³-hybridized carbons (Fsp3) is 0.350. The number of benzene rings is 2. The summed E-state index contributed by atoms with van der Waals surface area (Å²) in [5.41, 5.74) is 2.58. The number of anilines is 1. The Bertz CT molecular complexity index is 933. The number of amides is 1. The van der Waals surface area contributed by atoms with E-state index >= 15 is 0 Å². The molecule has 0 unspecified atom stereocenters. The molecule has 0 aromatic heterocycles. The molecule has 0 spiro atoms. The highest BCUT2D eigenvalue weighted by atomic mass is 35.5. The quantitative estimate of drug-likeness (QED) is 0.805. The minimum Gasteiger partial charge on any atom is -0.323 e. The van der Waals surface area contributed by atoms with E-state index in [2.05, 4.69) is 5.32 Å². The number of hydrogen-bond acceptors (Lipinski definition) is 4. The second-order valence-electron chi connectivity index (χ2n) is 6.98. The maximum Gasteiger partial charge on any atom is 0.243 e. The van der Waals surface area contributed by atoms with Gasteiger partial charge in [0.15, 0.2) is 0 Å². The molecular weight excluding hydrogens is 398 g/mol. The number of carbonyl (C=O) groups excluding carboxylic acids is 1. The third-order valence-electron chi connectivity index (χ3n) is 4.78. The lowest BCUT2D eigenvalue weighted by Crippen LogP contribution is -2.50. The molecule has 150 valence electrons. The molecule has 0 radical (unpaired) electrons. The van der Waals surface area contributed by atoms with Crippen molar-refractivity contribution in [1.82, 2.24) is 9.21 Å². The SMILES string of the molecule is Cc1cc(C)c(NC(=O)CN2CCN(S(=O)(=O)c3ccccc3)CC2)c(Cl)c1. The van der Waals surface area contributed by atoms with Gasteiger partial charge in [-0.05, 0) is 43.2 Å². The fourth-order valence-corrected chi connectivity index (χ4v) is 5.14. The van der Waals surface area contributed by atoms with Crippen LogP contribution in [0.15, 0.2) is 47.4 Å². The number of rotatable bonds is 5. The Balaban J connectivity index is 1.57. The maximum absolute atomic E-state index is 12.7. The number of piperazine rings is 1. The van der Waals surface area contributed by atoms with Crippen molar-refractivity contribution in [2.75, 3.05) is 38.0 Å². The number of hydrogen-bond donors (Lipinski definition) is 1. The van der Waals surface area contributed by atoms with Crippen molar-refractivity contribution < 1.29 is 13.2 Å². The van der Waals surface area contributed by atoms with E-state index in [-0.39, 0.29) is 12.5 Å². The van der Waals surface area contributed by atoms with E-state index in [9.17, 15) is 13.2 Å². The molecule has 0 atom stereocenters. The molecule has 6 nitrogen and oxygen atoms in total. The van der Waals surface area contributed by atoms with E-state index in [0.717, 1.165) is 11.1 Å². The summed E-state index contributed by atoms with van der Waals surface area (Å²) in [6.45, 7) is 5.77. The Morgan fingerprint density at radius 1 is 1.07 bits per heavy atom. The molecule has 2 aromatic carbocycles. The van der Waals surface area contributed by atoms with Gasteiger partial charge in [-0.25, -0.2) is 8.42 Å². The van der Waals surface area contributed by atoms with Gasteiger partial charge in [0.1, 0.15) is 0 Å². The highest BCUT2D eigenvalue weighted by molar-refractivity contribution is 7.89. The highest BCUT2D eigenvalue weighted by Crippen LogP contribution is 2.27. The van der Waals surface area contributed by atoms with Crippen LogP contribution < -0.4 is 5.32 Å². The summed E-state index contributed by atoms with van der Waals surface area (Å²) in [5, 5.41) is 3.39. The summed E-state index contributed by atoms with van der Waals surface area (Å²) in [6, 6.07) is 12.2. The van der Waals surface area contributed by atoms with Crippen LogP contribution in [0.4, 0.5) is 5.69 Å². The van der Waals surface area contributed by atoms with E-state index < -0.39 is 10.0 Å². The van der Waals surface area contributed by atoms with Gasteiger partial charge in [-0.2, -0.15) is 4.31 Å². The molecule has 1 heterocycles. The van der Waals surface area contributed by atoms with Crippen molar-refractivity contribution in [3.8, 4) is 0 Å². The normalized spacial score (nSPS) is 16.1. The average Bonchev–Trinajstić information content (AvgIpc) is 2.66. The first kappa shape index (κ1) is 20.8. The Labute approximate surface area is 171 Å². The molecule has 0 bridgehead atoms. The summed E-state index contributed by atoms with van der Waals surface area (Å²) < 4.78 is 26.8. The molecule has 28 heavy (non-hydrogen) atoms. The number of nitrogens with zero attached hydrogens (tertiary/aromatic N) is 2. The number of sulfonamides is 1. The fourth-order valence-electron chi connectivity index (χ4n) is 3.33. The second-order valence-corrected chi connectivity index (χ2v) is 9.33. The van der Waals surface area contributed by atoms with Gasteiger partial charge in [0.05, 0.1) is 22.2 Å². The maximum atomic E-state index is 12.7. The van der Waals surface area contributed by atoms with Crippen molar-refractivity contribution in [1.29, 1.82) is 0 Å². The molecule has 1 aliphatic rings. The van der Waals surface area contributed by atoms with Gasteiger partial charge in [-0.1, -0.05) is 35.9 Å². The molecule has 1 aliphatic heterocycles. The van der Waals surface area contributed by atoms with Crippen LogP contribution in [0.5, 0.6) is 0 Å².